The van der Waals surface area contributed by atoms with Crippen LogP contribution in [0.5, 0.6) is 0 Å². The second-order valence-corrected chi connectivity index (χ2v) is 6.64. The van der Waals surface area contributed by atoms with Gasteiger partial charge < -0.3 is 15.0 Å². The molecule has 0 atom stereocenters. The Morgan fingerprint density at radius 2 is 1.87 bits per heavy atom. The zero-order valence-electron chi connectivity index (χ0n) is 14.6. The van der Waals surface area contributed by atoms with Gasteiger partial charge in [0, 0.05) is 33.1 Å². The van der Waals surface area contributed by atoms with Gasteiger partial charge in [0.2, 0.25) is 0 Å². The third kappa shape index (κ3) is 7.27. The fourth-order valence-electron chi connectivity index (χ4n) is 3.24. The number of nitrogens with one attached hydrogen (secondary N) is 1. The lowest BCUT2D eigenvalue weighted by Gasteiger charge is -2.32. The molecule has 2 rings (SSSR count). The number of likely N-dealkylation sites (tertiary alicyclic amines) is 1. The molecular formula is C17H32IN3O2. The van der Waals surface area contributed by atoms with Crippen molar-refractivity contribution < 1.29 is 9.53 Å². The molecule has 2 fully saturated rings. The predicted octanol–water partition coefficient (Wildman–Crippen LogP) is 3.18. The van der Waals surface area contributed by atoms with Crippen molar-refractivity contribution in [2.45, 2.75) is 64.4 Å². The van der Waals surface area contributed by atoms with Gasteiger partial charge in [-0.2, -0.15) is 0 Å². The molecule has 0 radical (unpaired) electrons. The minimum absolute atomic E-state index is 0. The van der Waals surface area contributed by atoms with Crippen LogP contribution in [0, 0.1) is 5.92 Å². The quantitative estimate of drug-likeness (QED) is 0.236. The normalized spacial score (nSPS) is 20.3. The molecule has 5 nitrogen and oxygen atoms in total. The number of rotatable bonds is 5. The van der Waals surface area contributed by atoms with Crippen LogP contribution < -0.4 is 5.32 Å². The van der Waals surface area contributed by atoms with Crippen molar-refractivity contribution in [2.75, 3.05) is 26.7 Å². The van der Waals surface area contributed by atoms with E-state index in [0.717, 1.165) is 50.8 Å². The number of ether oxygens (including phenoxy) is 1. The van der Waals surface area contributed by atoms with Crippen LogP contribution in [0.3, 0.4) is 0 Å². The van der Waals surface area contributed by atoms with Gasteiger partial charge in [0.15, 0.2) is 5.96 Å². The van der Waals surface area contributed by atoms with E-state index in [1.165, 1.54) is 25.7 Å². The van der Waals surface area contributed by atoms with Gasteiger partial charge in [-0.25, -0.2) is 0 Å². The van der Waals surface area contributed by atoms with E-state index in [2.05, 4.69) is 22.1 Å². The van der Waals surface area contributed by atoms with E-state index in [4.69, 9.17) is 4.74 Å². The molecule has 1 aliphatic heterocycles. The fraction of sp³-hybridized carbons (Fsp3) is 0.882. The van der Waals surface area contributed by atoms with E-state index >= 15 is 0 Å². The molecule has 0 bridgehead atoms. The Bertz CT molecular complexity index is 376. The molecule has 0 amide bonds. The van der Waals surface area contributed by atoms with Crippen molar-refractivity contribution in [2.24, 2.45) is 10.9 Å². The second kappa shape index (κ2) is 11.1. The lowest BCUT2D eigenvalue weighted by molar-refractivity contribution is -0.148. The highest BCUT2D eigenvalue weighted by Crippen LogP contribution is 2.21. The molecule has 23 heavy (non-hydrogen) atoms. The highest BCUT2D eigenvalue weighted by molar-refractivity contribution is 14.0. The zero-order chi connectivity index (χ0) is 15.8. The molecule has 0 aromatic carbocycles. The summed E-state index contributed by atoms with van der Waals surface area (Å²) in [6, 6.07) is 0. The summed E-state index contributed by atoms with van der Waals surface area (Å²) in [7, 11) is 1.83. The first-order chi connectivity index (χ1) is 10.7. The lowest BCUT2D eigenvalue weighted by atomic mass is 10.00. The summed E-state index contributed by atoms with van der Waals surface area (Å²) in [5, 5.41) is 3.37. The van der Waals surface area contributed by atoms with Crippen LogP contribution in [0.4, 0.5) is 0 Å². The van der Waals surface area contributed by atoms with Gasteiger partial charge in [-0.3, -0.25) is 9.79 Å². The summed E-state index contributed by atoms with van der Waals surface area (Å²) >= 11 is 0. The van der Waals surface area contributed by atoms with Crippen molar-refractivity contribution in [3.8, 4) is 0 Å². The lowest BCUT2D eigenvalue weighted by Crippen LogP contribution is -2.45. The maximum absolute atomic E-state index is 11.8. The Morgan fingerprint density at radius 3 is 2.48 bits per heavy atom. The van der Waals surface area contributed by atoms with E-state index in [0.29, 0.717) is 6.42 Å². The molecule has 0 aromatic rings. The molecule has 6 heteroatoms. The summed E-state index contributed by atoms with van der Waals surface area (Å²) in [4.78, 5) is 18.4. The van der Waals surface area contributed by atoms with E-state index in [9.17, 15) is 4.79 Å². The number of hydrogen-bond acceptors (Lipinski definition) is 3. The van der Waals surface area contributed by atoms with Crippen molar-refractivity contribution in [3.05, 3.63) is 0 Å². The molecule has 1 heterocycles. The summed E-state index contributed by atoms with van der Waals surface area (Å²) in [6.45, 7) is 5.23. The van der Waals surface area contributed by atoms with Crippen molar-refractivity contribution >= 4 is 35.9 Å². The second-order valence-electron chi connectivity index (χ2n) is 6.64. The molecule has 134 valence electrons. The van der Waals surface area contributed by atoms with Gasteiger partial charge in [0.1, 0.15) is 6.10 Å². The highest BCUT2D eigenvalue weighted by atomic mass is 127. The molecular weight excluding hydrogens is 405 g/mol. The van der Waals surface area contributed by atoms with Crippen molar-refractivity contribution in [1.82, 2.24) is 10.2 Å². The Hall–Kier alpha value is -0.530. The Kier molecular flexibility index (Phi) is 9.90. The maximum Gasteiger partial charge on any atom is 0.306 e. The largest absolute Gasteiger partial charge is 0.462 e. The van der Waals surface area contributed by atoms with Gasteiger partial charge in [-0.15, -0.1) is 24.0 Å². The van der Waals surface area contributed by atoms with Crippen LogP contribution >= 0.6 is 24.0 Å². The van der Waals surface area contributed by atoms with E-state index in [1.807, 2.05) is 7.05 Å². The average molecular weight is 437 g/mol. The average Bonchev–Trinajstić information content (AvgIpc) is 3.01. The van der Waals surface area contributed by atoms with Gasteiger partial charge in [0.25, 0.3) is 0 Å². The molecule has 0 unspecified atom stereocenters. The Balaban J connectivity index is 0.00000264. The minimum atomic E-state index is -0.0458. The maximum atomic E-state index is 11.8. The summed E-state index contributed by atoms with van der Waals surface area (Å²) in [5.41, 5.74) is 0. The third-order valence-electron chi connectivity index (χ3n) is 4.74. The monoisotopic (exact) mass is 437 g/mol. The fourth-order valence-corrected chi connectivity index (χ4v) is 3.24. The topological polar surface area (TPSA) is 53.9 Å². The Labute approximate surface area is 157 Å². The van der Waals surface area contributed by atoms with Crippen LogP contribution in [-0.2, 0) is 9.53 Å². The van der Waals surface area contributed by atoms with Gasteiger partial charge >= 0.3 is 5.97 Å². The number of guanidine groups is 1. The van der Waals surface area contributed by atoms with E-state index in [1.54, 1.807) is 0 Å². The van der Waals surface area contributed by atoms with Crippen LogP contribution in [-0.4, -0.2) is 49.6 Å². The van der Waals surface area contributed by atoms with Crippen molar-refractivity contribution in [1.29, 1.82) is 0 Å². The number of esters is 1. The number of hydrogen-bond donors (Lipinski definition) is 1. The molecule has 0 spiro atoms. The first kappa shape index (κ1) is 20.5. The van der Waals surface area contributed by atoms with E-state index < -0.39 is 0 Å². The smallest absolute Gasteiger partial charge is 0.306 e. The molecule has 2 aliphatic rings. The molecule has 1 saturated heterocycles. The van der Waals surface area contributed by atoms with Gasteiger partial charge in [0.05, 0.1) is 0 Å². The number of carbonyl (C=O) groups excluding carboxylic acids is 1. The van der Waals surface area contributed by atoms with Crippen LogP contribution in [0.25, 0.3) is 0 Å². The number of carbonyl (C=O) groups is 1. The molecule has 0 aromatic heterocycles. The number of aliphatic imine (C=N–C) groups is 1. The summed E-state index contributed by atoms with van der Waals surface area (Å²) < 4.78 is 5.47. The standard InChI is InChI=1S/C17H31N3O2.HI/c1-14-9-12-20(13-10-14)17(18-2)19-11-5-8-16(21)22-15-6-3-4-7-15;/h14-15H,3-13H2,1-2H3,(H,18,19);1H. The van der Waals surface area contributed by atoms with Crippen molar-refractivity contribution in [3.63, 3.8) is 0 Å². The zero-order valence-corrected chi connectivity index (χ0v) is 16.9. The number of piperidine rings is 1. The summed E-state index contributed by atoms with van der Waals surface area (Å²) in [5.74, 6) is 1.74. The van der Waals surface area contributed by atoms with Gasteiger partial charge in [-0.1, -0.05) is 6.92 Å². The molecule has 1 saturated carbocycles. The van der Waals surface area contributed by atoms with Crippen LogP contribution in [0.2, 0.25) is 0 Å². The minimum Gasteiger partial charge on any atom is -0.462 e. The molecule has 1 N–H and O–H groups in total. The van der Waals surface area contributed by atoms with E-state index in [-0.39, 0.29) is 36.0 Å². The SMILES string of the molecule is CN=C(NCCCC(=O)OC1CCCC1)N1CCC(C)CC1.I. The summed E-state index contributed by atoms with van der Waals surface area (Å²) in [6.07, 6.45) is 8.43. The van der Waals surface area contributed by atoms with Gasteiger partial charge in [-0.05, 0) is 50.9 Å². The predicted molar refractivity (Wildman–Crippen MR) is 104 cm³/mol. The Morgan fingerprint density at radius 1 is 1.22 bits per heavy atom. The highest BCUT2D eigenvalue weighted by Gasteiger charge is 2.20. The first-order valence-corrected chi connectivity index (χ1v) is 8.84. The van der Waals surface area contributed by atoms with Crippen LogP contribution in [0.15, 0.2) is 4.99 Å². The van der Waals surface area contributed by atoms with Crippen LogP contribution in [0.1, 0.15) is 58.3 Å². The third-order valence-corrected chi connectivity index (χ3v) is 4.74. The molecule has 1 aliphatic carbocycles. The number of nitrogens with zero attached hydrogens (tertiary/aromatic N) is 2. The number of halogens is 1. The first-order valence-electron chi connectivity index (χ1n) is 8.84.